The highest BCUT2D eigenvalue weighted by molar-refractivity contribution is 5.82. The molecule has 1 aromatic carbocycles. The summed E-state index contributed by atoms with van der Waals surface area (Å²) in [5, 5.41) is 1.97. The first-order valence-electron chi connectivity index (χ1n) is 8.08. The molecule has 0 bridgehead atoms. The Morgan fingerprint density at radius 2 is 1.96 bits per heavy atom. The first kappa shape index (κ1) is 19.1. The molecular formula is C17H21F3N2O3. The fourth-order valence-corrected chi connectivity index (χ4v) is 2.78. The first-order chi connectivity index (χ1) is 11.8. The van der Waals surface area contributed by atoms with Crippen molar-refractivity contribution >= 4 is 11.8 Å². The number of alkyl halides is 3. The van der Waals surface area contributed by atoms with Crippen LogP contribution in [0, 0.1) is 0 Å². The number of benzene rings is 1. The summed E-state index contributed by atoms with van der Waals surface area (Å²) in [4.78, 5) is 24.8. The van der Waals surface area contributed by atoms with Crippen LogP contribution in [0.5, 0.6) is 5.75 Å². The Morgan fingerprint density at radius 3 is 2.56 bits per heavy atom. The number of likely N-dealkylation sites (tertiary alicyclic amines) is 1. The maximum atomic E-state index is 12.2. The van der Waals surface area contributed by atoms with Gasteiger partial charge >= 0.3 is 12.1 Å². The van der Waals surface area contributed by atoms with Gasteiger partial charge < -0.3 is 15.0 Å². The molecule has 2 rings (SSSR count). The van der Waals surface area contributed by atoms with E-state index in [1.54, 1.807) is 12.0 Å². The number of hydrogen-bond donors (Lipinski definition) is 1. The van der Waals surface area contributed by atoms with E-state index < -0.39 is 18.1 Å². The molecule has 1 aliphatic heterocycles. The summed E-state index contributed by atoms with van der Waals surface area (Å²) in [7, 11) is 1.58. The molecule has 0 radical (unpaired) electrons. The highest BCUT2D eigenvalue weighted by atomic mass is 19.4. The average molecular weight is 358 g/mol. The molecule has 0 spiro atoms. The molecule has 1 N–H and O–H groups in total. The van der Waals surface area contributed by atoms with Crippen LogP contribution < -0.4 is 10.1 Å². The van der Waals surface area contributed by atoms with Crippen molar-refractivity contribution in [3.8, 4) is 5.75 Å². The van der Waals surface area contributed by atoms with Crippen molar-refractivity contribution in [3.05, 3.63) is 29.8 Å². The summed E-state index contributed by atoms with van der Waals surface area (Å²) < 4.78 is 41.9. The molecule has 138 valence electrons. The van der Waals surface area contributed by atoms with Crippen LogP contribution in [-0.4, -0.2) is 49.1 Å². The molecule has 5 nitrogen and oxygen atoms in total. The Labute approximate surface area is 144 Å². The van der Waals surface area contributed by atoms with Gasteiger partial charge in [-0.1, -0.05) is 12.1 Å². The summed E-state index contributed by atoms with van der Waals surface area (Å²) >= 11 is 0. The molecule has 0 aliphatic carbocycles. The van der Waals surface area contributed by atoms with Crippen molar-refractivity contribution in [3.63, 3.8) is 0 Å². The third-order valence-electron chi connectivity index (χ3n) is 4.20. The number of nitrogens with zero attached hydrogens (tertiary/aromatic N) is 1. The molecular weight excluding hydrogens is 337 g/mol. The van der Waals surface area contributed by atoms with Gasteiger partial charge in [0.25, 0.3) is 0 Å². The van der Waals surface area contributed by atoms with Crippen LogP contribution in [0.4, 0.5) is 13.2 Å². The number of rotatable bonds is 5. The Bertz CT molecular complexity index is 611. The van der Waals surface area contributed by atoms with E-state index in [-0.39, 0.29) is 5.91 Å². The highest BCUT2D eigenvalue weighted by Gasteiger charge is 2.40. The van der Waals surface area contributed by atoms with Crippen molar-refractivity contribution in [2.24, 2.45) is 0 Å². The zero-order valence-electron chi connectivity index (χ0n) is 13.9. The SMILES string of the molecule is COc1cccc(CCC(=O)N2CCC(NC(=O)C(F)(F)F)CC2)c1. The Kier molecular flexibility index (Phi) is 6.27. The van der Waals surface area contributed by atoms with E-state index in [0.29, 0.717) is 38.8 Å². The van der Waals surface area contributed by atoms with Gasteiger partial charge in [-0.05, 0) is 37.0 Å². The molecule has 1 heterocycles. The molecule has 2 amide bonds. The second kappa shape index (κ2) is 8.22. The van der Waals surface area contributed by atoms with E-state index in [2.05, 4.69) is 0 Å². The summed E-state index contributed by atoms with van der Waals surface area (Å²) in [5.74, 6) is -1.23. The number of nitrogens with one attached hydrogen (secondary N) is 1. The summed E-state index contributed by atoms with van der Waals surface area (Å²) in [6, 6.07) is 6.91. The molecule has 1 aliphatic rings. The molecule has 0 unspecified atom stereocenters. The van der Waals surface area contributed by atoms with E-state index in [1.165, 1.54) is 0 Å². The van der Waals surface area contributed by atoms with E-state index in [0.717, 1.165) is 11.3 Å². The van der Waals surface area contributed by atoms with E-state index in [1.807, 2.05) is 29.6 Å². The number of amides is 2. The minimum absolute atomic E-state index is 0.0385. The fraction of sp³-hybridized carbons (Fsp3) is 0.529. The summed E-state index contributed by atoms with van der Waals surface area (Å²) in [5.41, 5.74) is 0.986. The van der Waals surface area contributed by atoms with Crippen LogP contribution in [-0.2, 0) is 16.0 Å². The zero-order valence-corrected chi connectivity index (χ0v) is 13.9. The lowest BCUT2D eigenvalue weighted by molar-refractivity contribution is -0.174. The van der Waals surface area contributed by atoms with Gasteiger partial charge in [-0.25, -0.2) is 0 Å². The van der Waals surface area contributed by atoms with Crippen LogP contribution >= 0.6 is 0 Å². The maximum absolute atomic E-state index is 12.2. The van der Waals surface area contributed by atoms with Crippen molar-refractivity contribution in [1.82, 2.24) is 10.2 Å². The average Bonchev–Trinajstić information content (AvgIpc) is 2.59. The zero-order chi connectivity index (χ0) is 18.4. The van der Waals surface area contributed by atoms with Gasteiger partial charge in [-0.2, -0.15) is 13.2 Å². The minimum atomic E-state index is -4.87. The van der Waals surface area contributed by atoms with E-state index >= 15 is 0 Å². The number of hydrogen-bond acceptors (Lipinski definition) is 3. The van der Waals surface area contributed by atoms with Gasteiger partial charge in [0, 0.05) is 25.6 Å². The monoisotopic (exact) mass is 358 g/mol. The molecule has 25 heavy (non-hydrogen) atoms. The van der Waals surface area contributed by atoms with Crippen LogP contribution in [0.3, 0.4) is 0 Å². The highest BCUT2D eigenvalue weighted by Crippen LogP contribution is 2.18. The van der Waals surface area contributed by atoms with Crippen LogP contribution in [0.1, 0.15) is 24.8 Å². The molecule has 1 fully saturated rings. The first-order valence-corrected chi connectivity index (χ1v) is 8.08. The summed E-state index contributed by atoms with van der Waals surface area (Å²) in [6.45, 7) is 0.694. The van der Waals surface area contributed by atoms with Crippen molar-refractivity contribution in [1.29, 1.82) is 0 Å². The molecule has 1 saturated heterocycles. The maximum Gasteiger partial charge on any atom is 0.471 e. The van der Waals surface area contributed by atoms with Gasteiger partial charge in [0.15, 0.2) is 0 Å². The smallest absolute Gasteiger partial charge is 0.471 e. The number of carbonyl (C=O) groups excluding carboxylic acids is 2. The molecule has 1 aromatic rings. The molecule has 0 saturated carbocycles. The number of carbonyl (C=O) groups is 2. The van der Waals surface area contributed by atoms with Crippen molar-refractivity contribution < 1.29 is 27.5 Å². The lowest BCUT2D eigenvalue weighted by Crippen LogP contribution is -2.49. The predicted molar refractivity (Wildman–Crippen MR) is 85.1 cm³/mol. The van der Waals surface area contributed by atoms with Crippen LogP contribution in [0.15, 0.2) is 24.3 Å². The number of ether oxygens (including phenoxy) is 1. The summed E-state index contributed by atoms with van der Waals surface area (Å²) in [6.07, 6.45) is -3.32. The predicted octanol–water partition coefficient (Wildman–Crippen LogP) is 2.30. The number of piperidine rings is 1. The Balaban J connectivity index is 1.76. The quantitative estimate of drug-likeness (QED) is 0.879. The normalized spacial score (nSPS) is 15.8. The Hall–Kier alpha value is -2.25. The standard InChI is InChI=1S/C17H21F3N2O3/c1-25-14-4-2-3-12(11-14)5-6-15(23)22-9-7-13(8-10-22)21-16(24)17(18,19)20/h2-4,11,13H,5-10H2,1H3,(H,21,24). The molecule has 0 aromatic heterocycles. The number of methoxy groups -OCH3 is 1. The second-order valence-corrected chi connectivity index (χ2v) is 5.98. The van der Waals surface area contributed by atoms with E-state index in [9.17, 15) is 22.8 Å². The van der Waals surface area contributed by atoms with Crippen LogP contribution in [0.25, 0.3) is 0 Å². The van der Waals surface area contributed by atoms with Gasteiger partial charge in [0.1, 0.15) is 5.75 Å². The van der Waals surface area contributed by atoms with Gasteiger partial charge in [-0.15, -0.1) is 0 Å². The van der Waals surface area contributed by atoms with Gasteiger partial charge in [-0.3, -0.25) is 9.59 Å². The van der Waals surface area contributed by atoms with Crippen molar-refractivity contribution in [2.45, 2.75) is 37.9 Å². The lowest BCUT2D eigenvalue weighted by atomic mass is 10.0. The van der Waals surface area contributed by atoms with Crippen LogP contribution in [0.2, 0.25) is 0 Å². The lowest BCUT2D eigenvalue weighted by Gasteiger charge is -2.32. The number of halogens is 3. The Morgan fingerprint density at radius 1 is 1.28 bits per heavy atom. The molecule has 0 atom stereocenters. The number of aryl methyl sites for hydroxylation is 1. The molecule has 8 heteroatoms. The third kappa shape index (κ3) is 5.65. The van der Waals surface area contributed by atoms with E-state index in [4.69, 9.17) is 4.74 Å². The second-order valence-electron chi connectivity index (χ2n) is 5.98. The minimum Gasteiger partial charge on any atom is -0.497 e. The fourth-order valence-electron chi connectivity index (χ4n) is 2.78. The largest absolute Gasteiger partial charge is 0.497 e. The van der Waals surface area contributed by atoms with Gasteiger partial charge in [0.05, 0.1) is 7.11 Å². The van der Waals surface area contributed by atoms with Crippen molar-refractivity contribution in [2.75, 3.05) is 20.2 Å². The third-order valence-corrected chi connectivity index (χ3v) is 4.20. The topological polar surface area (TPSA) is 58.6 Å². The van der Waals surface area contributed by atoms with Gasteiger partial charge in [0.2, 0.25) is 5.91 Å².